The van der Waals surface area contributed by atoms with Crippen LogP contribution in [-0.4, -0.2) is 17.0 Å². The molecule has 0 unspecified atom stereocenters. The van der Waals surface area contributed by atoms with Gasteiger partial charge in [-0.1, -0.05) is 43.7 Å². The van der Waals surface area contributed by atoms with E-state index in [4.69, 9.17) is 4.98 Å². The molecule has 0 fully saturated rings. The summed E-state index contributed by atoms with van der Waals surface area (Å²) in [5.74, 6) is 2.20. The second-order valence-corrected chi connectivity index (χ2v) is 6.33. The molecule has 3 nitrogen and oxygen atoms in total. The number of nitrogens with zero attached hydrogens (tertiary/aromatic N) is 2. The number of benzene rings is 1. The Morgan fingerprint density at radius 3 is 2.35 bits per heavy atom. The van der Waals surface area contributed by atoms with Crippen molar-refractivity contribution >= 4 is 28.4 Å². The van der Waals surface area contributed by atoms with Crippen molar-refractivity contribution in [2.45, 2.75) is 33.1 Å². The first-order chi connectivity index (χ1) is 9.51. The van der Waals surface area contributed by atoms with Gasteiger partial charge in [0.25, 0.3) is 0 Å². The molecule has 0 aliphatic carbocycles. The van der Waals surface area contributed by atoms with Crippen LogP contribution in [0.25, 0.3) is 0 Å². The Bertz CT molecular complexity index is 591. The Morgan fingerprint density at radius 2 is 1.80 bits per heavy atom. The number of aryl methyl sites for hydroxylation is 1. The van der Waals surface area contributed by atoms with E-state index in [1.807, 2.05) is 7.05 Å². The molecule has 0 radical (unpaired) electrons. The van der Waals surface area contributed by atoms with Crippen molar-refractivity contribution in [3.63, 3.8) is 0 Å². The second-order valence-electron chi connectivity index (χ2n) is 5.25. The lowest BCUT2D eigenvalue weighted by molar-refractivity contribution is 0.784. The molecule has 0 atom stereocenters. The minimum absolute atomic E-state index is 0.397. The third-order valence-electron chi connectivity index (χ3n) is 3.19. The Kier molecular flexibility index (Phi) is 4.96. The molecular formula is C16H20IN3. The molecule has 20 heavy (non-hydrogen) atoms. The largest absolute Gasteiger partial charge is 0.372 e. The topological polar surface area (TPSA) is 37.8 Å². The van der Waals surface area contributed by atoms with Crippen LogP contribution >= 0.6 is 22.6 Å². The zero-order chi connectivity index (χ0) is 14.7. The van der Waals surface area contributed by atoms with Gasteiger partial charge in [-0.05, 0) is 41.0 Å². The fraction of sp³-hybridized carbons (Fsp3) is 0.375. The van der Waals surface area contributed by atoms with Gasteiger partial charge in [-0.25, -0.2) is 9.97 Å². The van der Waals surface area contributed by atoms with Crippen LogP contribution in [0, 0.1) is 10.5 Å². The van der Waals surface area contributed by atoms with Gasteiger partial charge in [0, 0.05) is 13.5 Å². The fourth-order valence-corrected chi connectivity index (χ4v) is 3.16. The van der Waals surface area contributed by atoms with Crippen LogP contribution in [0.15, 0.2) is 24.3 Å². The molecule has 2 aromatic rings. The molecule has 0 bridgehead atoms. The van der Waals surface area contributed by atoms with E-state index in [9.17, 15) is 0 Å². The third-order valence-corrected chi connectivity index (χ3v) is 4.25. The Hall–Kier alpha value is -1.17. The first kappa shape index (κ1) is 15.2. The fourth-order valence-electron chi connectivity index (χ4n) is 2.03. The van der Waals surface area contributed by atoms with Crippen LogP contribution in [0.1, 0.15) is 42.4 Å². The van der Waals surface area contributed by atoms with E-state index in [0.717, 1.165) is 27.3 Å². The lowest BCUT2D eigenvalue weighted by Gasteiger charge is -2.13. The molecular weight excluding hydrogens is 361 g/mol. The number of rotatable bonds is 4. The summed E-state index contributed by atoms with van der Waals surface area (Å²) in [5, 5.41) is 3.17. The van der Waals surface area contributed by atoms with Gasteiger partial charge >= 0.3 is 0 Å². The molecule has 0 aliphatic rings. The molecule has 1 aromatic carbocycles. The molecule has 2 rings (SSSR count). The van der Waals surface area contributed by atoms with E-state index in [1.165, 1.54) is 11.1 Å². The van der Waals surface area contributed by atoms with E-state index < -0.39 is 0 Å². The summed E-state index contributed by atoms with van der Waals surface area (Å²) in [5.41, 5.74) is 3.64. The van der Waals surface area contributed by atoms with Crippen LogP contribution in [0.2, 0.25) is 0 Å². The number of nitrogens with one attached hydrogen (secondary N) is 1. The van der Waals surface area contributed by atoms with Crippen molar-refractivity contribution in [2.75, 3.05) is 12.4 Å². The highest BCUT2D eigenvalue weighted by Gasteiger charge is 2.14. The molecule has 1 N–H and O–H groups in total. The summed E-state index contributed by atoms with van der Waals surface area (Å²) < 4.78 is 1.12. The molecule has 106 valence electrons. The van der Waals surface area contributed by atoms with Gasteiger partial charge < -0.3 is 5.32 Å². The minimum atomic E-state index is 0.397. The number of hydrogen-bond acceptors (Lipinski definition) is 3. The Morgan fingerprint density at radius 1 is 1.15 bits per heavy atom. The normalized spacial score (nSPS) is 10.9. The monoisotopic (exact) mass is 381 g/mol. The summed E-state index contributed by atoms with van der Waals surface area (Å²) in [6, 6.07) is 8.55. The van der Waals surface area contributed by atoms with Gasteiger partial charge in [0.15, 0.2) is 0 Å². The average Bonchev–Trinajstić information content (AvgIpc) is 2.42. The maximum absolute atomic E-state index is 4.74. The van der Waals surface area contributed by atoms with E-state index in [-0.39, 0.29) is 0 Å². The van der Waals surface area contributed by atoms with Crippen molar-refractivity contribution in [2.24, 2.45) is 0 Å². The third kappa shape index (κ3) is 3.48. The highest BCUT2D eigenvalue weighted by Crippen LogP contribution is 2.25. The molecule has 1 aromatic heterocycles. The number of anilines is 1. The second kappa shape index (κ2) is 6.52. The quantitative estimate of drug-likeness (QED) is 0.809. The first-order valence-corrected chi connectivity index (χ1v) is 7.88. The highest BCUT2D eigenvalue weighted by atomic mass is 127. The van der Waals surface area contributed by atoms with Crippen LogP contribution in [0.4, 0.5) is 5.82 Å². The zero-order valence-corrected chi connectivity index (χ0v) is 14.5. The van der Waals surface area contributed by atoms with Gasteiger partial charge in [0.2, 0.25) is 0 Å². The first-order valence-electron chi connectivity index (χ1n) is 6.81. The van der Waals surface area contributed by atoms with Crippen molar-refractivity contribution in [3.8, 4) is 0 Å². The summed E-state index contributed by atoms with van der Waals surface area (Å²) in [7, 11) is 1.91. The van der Waals surface area contributed by atoms with Crippen LogP contribution in [0.5, 0.6) is 0 Å². The van der Waals surface area contributed by atoms with E-state index in [1.54, 1.807) is 0 Å². The van der Waals surface area contributed by atoms with Crippen LogP contribution in [-0.2, 0) is 6.42 Å². The summed E-state index contributed by atoms with van der Waals surface area (Å²) in [6.07, 6.45) is 0.769. The number of aromatic nitrogens is 2. The van der Waals surface area contributed by atoms with Crippen molar-refractivity contribution in [1.82, 2.24) is 9.97 Å². The Balaban J connectivity index is 2.36. The zero-order valence-electron chi connectivity index (χ0n) is 12.4. The summed E-state index contributed by atoms with van der Waals surface area (Å²) in [6.45, 7) is 6.43. The molecule has 0 saturated heterocycles. The van der Waals surface area contributed by atoms with Gasteiger partial charge in [0.1, 0.15) is 11.6 Å². The summed E-state index contributed by atoms with van der Waals surface area (Å²) >= 11 is 2.32. The maximum Gasteiger partial charge on any atom is 0.143 e. The number of hydrogen-bond donors (Lipinski definition) is 1. The van der Waals surface area contributed by atoms with Gasteiger partial charge in [0.05, 0.1) is 9.26 Å². The van der Waals surface area contributed by atoms with E-state index in [2.05, 4.69) is 77.9 Å². The standard InChI is InChI=1S/C16H20IN3/c1-10(2)15-14(17)16(18-4)20-13(19-15)9-12-7-5-11(3)6-8-12/h5-8,10H,9H2,1-4H3,(H,18,19,20). The van der Waals surface area contributed by atoms with Crippen molar-refractivity contribution < 1.29 is 0 Å². The Labute approximate surface area is 134 Å². The van der Waals surface area contributed by atoms with Crippen molar-refractivity contribution in [1.29, 1.82) is 0 Å². The number of halogens is 1. The smallest absolute Gasteiger partial charge is 0.143 e. The average molecular weight is 381 g/mol. The molecule has 1 heterocycles. The van der Waals surface area contributed by atoms with Gasteiger partial charge in [-0.2, -0.15) is 0 Å². The predicted octanol–water partition coefficient (Wildman–Crippen LogP) is 4.15. The minimum Gasteiger partial charge on any atom is -0.372 e. The van der Waals surface area contributed by atoms with Crippen molar-refractivity contribution in [3.05, 3.63) is 50.5 Å². The molecule has 0 saturated carbocycles. The van der Waals surface area contributed by atoms with Crippen LogP contribution < -0.4 is 5.32 Å². The summed E-state index contributed by atoms with van der Waals surface area (Å²) in [4.78, 5) is 9.36. The lowest BCUT2D eigenvalue weighted by Crippen LogP contribution is -2.09. The van der Waals surface area contributed by atoms with E-state index in [0.29, 0.717) is 5.92 Å². The molecule has 0 spiro atoms. The predicted molar refractivity (Wildman–Crippen MR) is 92.4 cm³/mol. The van der Waals surface area contributed by atoms with Gasteiger partial charge in [-0.15, -0.1) is 0 Å². The SMILES string of the molecule is CNc1nc(Cc2ccc(C)cc2)nc(C(C)C)c1I. The molecule has 4 heteroatoms. The molecule has 0 amide bonds. The molecule has 0 aliphatic heterocycles. The van der Waals surface area contributed by atoms with E-state index >= 15 is 0 Å². The highest BCUT2D eigenvalue weighted by molar-refractivity contribution is 14.1. The van der Waals surface area contributed by atoms with Gasteiger partial charge in [-0.3, -0.25) is 0 Å². The van der Waals surface area contributed by atoms with Crippen LogP contribution in [0.3, 0.4) is 0 Å². The lowest BCUT2D eigenvalue weighted by atomic mass is 10.1. The maximum atomic E-state index is 4.74.